The maximum atomic E-state index is 12.1. The molecule has 0 bridgehead atoms. The van der Waals surface area contributed by atoms with Crippen molar-refractivity contribution in [3.05, 3.63) is 33.8 Å². The highest BCUT2D eigenvalue weighted by Crippen LogP contribution is 2.32. The minimum atomic E-state index is -0.214. The highest BCUT2D eigenvalue weighted by Gasteiger charge is 2.31. The van der Waals surface area contributed by atoms with E-state index in [-0.39, 0.29) is 5.97 Å². The minimum absolute atomic E-state index is 0.214. The second-order valence-electron chi connectivity index (χ2n) is 6.30. The highest BCUT2D eigenvalue weighted by atomic mass is 79.9. The fraction of sp³-hybridized carbons (Fsp3) is 0.588. The maximum absolute atomic E-state index is 12.1. The van der Waals surface area contributed by atoms with Crippen molar-refractivity contribution in [3.8, 4) is 0 Å². The molecule has 21 heavy (non-hydrogen) atoms. The second-order valence-corrected chi connectivity index (χ2v) is 7.15. The number of hydrogen-bond donors (Lipinski definition) is 0. The predicted octanol–water partition coefficient (Wildman–Crippen LogP) is 3.79. The Bertz CT molecular complexity index is 528. The molecule has 1 aliphatic carbocycles. The Balaban J connectivity index is 1.53. The summed E-state index contributed by atoms with van der Waals surface area (Å²) < 4.78 is 6.49. The SMILES string of the molecule is Cc1ccc(C(=O)OCC2CCCN2CC2CC2)cc1Br. The molecule has 2 aliphatic rings. The first-order valence-electron chi connectivity index (χ1n) is 7.81. The molecule has 1 atom stereocenters. The summed E-state index contributed by atoms with van der Waals surface area (Å²) in [4.78, 5) is 14.7. The first kappa shape index (κ1) is 15.0. The summed E-state index contributed by atoms with van der Waals surface area (Å²) >= 11 is 3.46. The van der Waals surface area contributed by atoms with Crippen LogP contribution in [0.4, 0.5) is 0 Å². The van der Waals surface area contributed by atoms with Crippen LogP contribution in [0.2, 0.25) is 0 Å². The zero-order valence-corrected chi connectivity index (χ0v) is 14.1. The van der Waals surface area contributed by atoms with E-state index in [9.17, 15) is 4.79 Å². The van der Waals surface area contributed by atoms with Crippen LogP contribution in [0.15, 0.2) is 22.7 Å². The van der Waals surface area contributed by atoms with E-state index in [2.05, 4.69) is 20.8 Å². The van der Waals surface area contributed by atoms with Crippen LogP contribution in [0.5, 0.6) is 0 Å². The summed E-state index contributed by atoms with van der Waals surface area (Å²) in [5.41, 5.74) is 1.75. The average molecular weight is 352 g/mol. The third-order valence-corrected chi connectivity index (χ3v) is 5.36. The van der Waals surface area contributed by atoms with E-state index in [4.69, 9.17) is 4.74 Å². The fourth-order valence-corrected chi connectivity index (χ4v) is 3.31. The number of likely N-dealkylation sites (tertiary alicyclic amines) is 1. The zero-order chi connectivity index (χ0) is 14.8. The topological polar surface area (TPSA) is 29.5 Å². The van der Waals surface area contributed by atoms with Gasteiger partial charge in [-0.05, 0) is 62.8 Å². The van der Waals surface area contributed by atoms with E-state index in [1.807, 2.05) is 25.1 Å². The molecule has 3 rings (SSSR count). The van der Waals surface area contributed by atoms with E-state index in [0.717, 1.165) is 28.9 Å². The van der Waals surface area contributed by atoms with Gasteiger partial charge in [0.05, 0.1) is 5.56 Å². The molecule has 1 saturated carbocycles. The smallest absolute Gasteiger partial charge is 0.338 e. The van der Waals surface area contributed by atoms with Gasteiger partial charge in [0.1, 0.15) is 6.61 Å². The summed E-state index contributed by atoms with van der Waals surface area (Å²) in [6, 6.07) is 6.03. The number of esters is 1. The third kappa shape index (κ3) is 3.86. The van der Waals surface area contributed by atoms with E-state index in [1.165, 1.54) is 25.8 Å². The summed E-state index contributed by atoms with van der Waals surface area (Å²) in [5.74, 6) is 0.684. The second kappa shape index (κ2) is 6.49. The highest BCUT2D eigenvalue weighted by molar-refractivity contribution is 9.10. The van der Waals surface area contributed by atoms with Crippen molar-refractivity contribution in [1.82, 2.24) is 4.90 Å². The van der Waals surface area contributed by atoms with Crippen molar-refractivity contribution in [2.75, 3.05) is 19.7 Å². The summed E-state index contributed by atoms with van der Waals surface area (Å²) in [6.07, 6.45) is 5.13. The lowest BCUT2D eigenvalue weighted by atomic mass is 10.1. The van der Waals surface area contributed by atoms with Gasteiger partial charge in [-0.1, -0.05) is 22.0 Å². The molecular formula is C17H22BrNO2. The van der Waals surface area contributed by atoms with Gasteiger partial charge in [0.15, 0.2) is 0 Å². The first-order chi connectivity index (χ1) is 10.1. The van der Waals surface area contributed by atoms with Crippen molar-refractivity contribution < 1.29 is 9.53 Å². The molecule has 0 N–H and O–H groups in total. The number of benzene rings is 1. The van der Waals surface area contributed by atoms with Gasteiger partial charge >= 0.3 is 5.97 Å². The van der Waals surface area contributed by atoms with Crippen molar-refractivity contribution in [2.24, 2.45) is 5.92 Å². The molecule has 1 unspecified atom stereocenters. The molecule has 1 saturated heterocycles. The average Bonchev–Trinajstić information content (AvgIpc) is 3.17. The largest absolute Gasteiger partial charge is 0.460 e. The Morgan fingerprint density at radius 1 is 1.38 bits per heavy atom. The Hall–Kier alpha value is -0.870. The van der Waals surface area contributed by atoms with Crippen LogP contribution < -0.4 is 0 Å². The van der Waals surface area contributed by atoms with Crippen molar-refractivity contribution >= 4 is 21.9 Å². The van der Waals surface area contributed by atoms with Crippen LogP contribution in [-0.4, -0.2) is 36.6 Å². The van der Waals surface area contributed by atoms with Gasteiger partial charge in [0, 0.05) is 17.1 Å². The van der Waals surface area contributed by atoms with Crippen LogP contribution in [0.25, 0.3) is 0 Å². The van der Waals surface area contributed by atoms with Gasteiger partial charge in [0.25, 0.3) is 0 Å². The molecule has 1 aromatic rings. The van der Waals surface area contributed by atoms with Crippen molar-refractivity contribution in [2.45, 2.75) is 38.6 Å². The van der Waals surface area contributed by atoms with E-state index in [0.29, 0.717) is 18.2 Å². The molecule has 1 aliphatic heterocycles. The molecule has 0 aromatic heterocycles. The summed E-state index contributed by atoms with van der Waals surface area (Å²) in [6.45, 7) is 4.89. The van der Waals surface area contributed by atoms with Crippen LogP contribution in [-0.2, 0) is 4.74 Å². The van der Waals surface area contributed by atoms with Gasteiger partial charge in [0.2, 0.25) is 0 Å². The van der Waals surface area contributed by atoms with E-state index < -0.39 is 0 Å². The Labute approximate surface area is 134 Å². The quantitative estimate of drug-likeness (QED) is 0.755. The molecule has 2 fully saturated rings. The number of carbonyl (C=O) groups excluding carboxylic acids is 1. The molecule has 1 aromatic carbocycles. The predicted molar refractivity (Wildman–Crippen MR) is 86.5 cm³/mol. The molecule has 1 heterocycles. The lowest BCUT2D eigenvalue weighted by Crippen LogP contribution is -2.35. The van der Waals surface area contributed by atoms with Gasteiger partial charge < -0.3 is 4.74 Å². The van der Waals surface area contributed by atoms with Crippen LogP contribution in [0.3, 0.4) is 0 Å². The molecule has 4 heteroatoms. The number of nitrogens with zero attached hydrogens (tertiary/aromatic N) is 1. The van der Waals surface area contributed by atoms with E-state index >= 15 is 0 Å². The molecule has 0 amide bonds. The normalized spacial score (nSPS) is 22.5. The molecule has 0 radical (unpaired) electrons. The first-order valence-corrected chi connectivity index (χ1v) is 8.60. The van der Waals surface area contributed by atoms with E-state index in [1.54, 1.807) is 0 Å². The minimum Gasteiger partial charge on any atom is -0.460 e. The molecule has 0 spiro atoms. The molecule has 3 nitrogen and oxygen atoms in total. The number of rotatable bonds is 5. The van der Waals surface area contributed by atoms with Crippen LogP contribution in [0, 0.1) is 12.8 Å². The number of aryl methyl sites for hydroxylation is 1. The van der Waals surface area contributed by atoms with Crippen molar-refractivity contribution in [3.63, 3.8) is 0 Å². The number of halogens is 1. The Morgan fingerprint density at radius 2 is 2.19 bits per heavy atom. The van der Waals surface area contributed by atoms with Crippen molar-refractivity contribution in [1.29, 1.82) is 0 Å². The lowest BCUT2D eigenvalue weighted by Gasteiger charge is -2.24. The molecular weight excluding hydrogens is 330 g/mol. The van der Waals surface area contributed by atoms with Crippen LogP contribution >= 0.6 is 15.9 Å². The fourth-order valence-electron chi connectivity index (χ4n) is 2.93. The monoisotopic (exact) mass is 351 g/mol. The Kier molecular flexibility index (Phi) is 4.65. The summed E-state index contributed by atoms with van der Waals surface area (Å²) in [5, 5.41) is 0. The van der Waals surface area contributed by atoms with Gasteiger partial charge in [-0.15, -0.1) is 0 Å². The van der Waals surface area contributed by atoms with Crippen LogP contribution in [0.1, 0.15) is 41.6 Å². The Morgan fingerprint density at radius 3 is 2.90 bits per heavy atom. The summed E-state index contributed by atoms with van der Waals surface area (Å²) in [7, 11) is 0. The zero-order valence-electron chi connectivity index (χ0n) is 12.5. The standard InChI is InChI=1S/C17H22BrNO2/c1-12-4-7-14(9-16(12)18)17(20)21-11-15-3-2-8-19(15)10-13-5-6-13/h4,7,9,13,15H,2-3,5-6,8,10-11H2,1H3. The molecule has 114 valence electrons. The van der Waals surface area contributed by atoms with Gasteiger partial charge in [-0.25, -0.2) is 4.79 Å². The van der Waals surface area contributed by atoms with Gasteiger partial charge in [-0.2, -0.15) is 0 Å². The number of ether oxygens (including phenoxy) is 1. The number of hydrogen-bond acceptors (Lipinski definition) is 3. The number of carbonyl (C=O) groups is 1. The maximum Gasteiger partial charge on any atom is 0.338 e. The van der Waals surface area contributed by atoms with Gasteiger partial charge in [-0.3, -0.25) is 4.90 Å². The lowest BCUT2D eigenvalue weighted by molar-refractivity contribution is 0.0393. The third-order valence-electron chi connectivity index (χ3n) is 4.50.